The lowest BCUT2D eigenvalue weighted by atomic mass is 9.72. The second kappa shape index (κ2) is 4.27. The fraction of sp³-hybridized carbons (Fsp3) is 1.00. The topological polar surface area (TPSA) is 20.2 Å². The highest BCUT2D eigenvalue weighted by molar-refractivity contribution is 5.08. The van der Waals surface area contributed by atoms with Gasteiger partial charge in [-0.2, -0.15) is 26.3 Å². The quantitative estimate of drug-likeness (QED) is 0.764. The number of rotatable bonds is 2. The van der Waals surface area contributed by atoms with Gasteiger partial charge in [0, 0.05) is 5.92 Å². The van der Waals surface area contributed by atoms with Gasteiger partial charge in [0.1, 0.15) is 0 Å². The zero-order valence-electron chi connectivity index (χ0n) is 10.4. The molecule has 0 aromatic carbocycles. The molecule has 7 heteroatoms. The predicted molar refractivity (Wildman–Crippen MR) is 55.2 cm³/mol. The Morgan fingerprint density at radius 3 is 1.74 bits per heavy atom. The van der Waals surface area contributed by atoms with Crippen LogP contribution in [0.15, 0.2) is 0 Å². The van der Waals surface area contributed by atoms with E-state index in [1.807, 2.05) is 6.92 Å². The molecule has 2 aliphatic carbocycles. The Morgan fingerprint density at radius 1 is 0.895 bits per heavy atom. The number of aliphatic hydroxyl groups is 1. The number of hydrogen-bond donors (Lipinski definition) is 1. The summed E-state index contributed by atoms with van der Waals surface area (Å²) in [5.41, 5.74) is -4.56. The Labute approximate surface area is 107 Å². The zero-order chi connectivity index (χ0) is 14.6. The van der Waals surface area contributed by atoms with Crippen molar-refractivity contribution >= 4 is 0 Å². The third kappa shape index (κ3) is 2.04. The molecule has 19 heavy (non-hydrogen) atoms. The predicted octanol–water partition coefficient (Wildman–Crippen LogP) is 3.91. The highest BCUT2D eigenvalue weighted by Gasteiger charge is 2.76. The van der Waals surface area contributed by atoms with Gasteiger partial charge < -0.3 is 5.11 Å². The van der Waals surface area contributed by atoms with E-state index in [1.54, 1.807) is 0 Å². The molecule has 0 heterocycles. The number of fused-ring (bicyclic) bond motifs is 2. The van der Waals surface area contributed by atoms with Gasteiger partial charge in [-0.1, -0.05) is 13.3 Å². The minimum Gasteiger partial charge on any atom is -0.373 e. The highest BCUT2D eigenvalue weighted by Crippen LogP contribution is 2.61. The van der Waals surface area contributed by atoms with Crippen LogP contribution in [0.3, 0.4) is 0 Å². The Bertz CT molecular complexity index is 333. The lowest BCUT2D eigenvalue weighted by Gasteiger charge is -2.41. The van der Waals surface area contributed by atoms with Crippen molar-refractivity contribution in [1.82, 2.24) is 0 Å². The monoisotopic (exact) mass is 290 g/mol. The largest absolute Gasteiger partial charge is 0.426 e. The lowest BCUT2D eigenvalue weighted by molar-refractivity contribution is -0.389. The van der Waals surface area contributed by atoms with Gasteiger partial charge in [0.05, 0.1) is 0 Å². The van der Waals surface area contributed by atoms with E-state index in [9.17, 15) is 31.4 Å². The Hall–Kier alpha value is -0.460. The fourth-order valence-corrected chi connectivity index (χ4v) is 3.99. The van der Waals surface area contributed by atoms with Crippen molar-refractivity contribution in [3.63, 3.8) is 0 Å². The molecule has 0 aromatic heterocycles. The number of alkyl halides is 6. The van der Waals surface area contributed by atoms with E-state index < -0.39 is 29.8 Å². The van der Waals surface area contributed by atoms with E-state index in [0.29, 0.717) is 12.8 Å². The molecule has 1 N–H and O–H groups in total. The molecule has 0 spiro atoms. The summed E-state index contributed by atoms with van der Waals surface area (Å²) in [7, 11) is 0. The van der Waals surface area contributed by atoms with Gasteiger partial charge in [-0.15, -0.1) is 0 Å². The Kier molecular flexibility index (Phi) is 3.35. The number of halogens is 6. The third-order valence-corrected chi connectivity index (χ3v) is 4.93. The van der Waals surface area contributed by atoms with Gasteiger partial charge in [-0.05, 0) is 37.0 Å². The molecule has 2 bridgehead atoms. The van der Waals surface area contributed by atoms with Crippen molar-refractivity contribution in [2.45, 2.75) is 50.6 Å². The van der Waals surface area contributed by atoms with E-state index in [2.05, 4.69) is 0 Å². The van der Waals surface area contributed by atoms with Crippen LogP contribution in [0, 0.1) is 23.7 Å². The van der Waals surface area contributed by atoms with Gasteiger partial charge in [0.25, 0.3) is 5.60 Å². The van der Waals surface area contributed by atoms with Crippen molar-refractivity contribution in [2.75, 3.05) is 0 Å². The number of hydrogen-bond acceptors (Lipinski definition) is 1. The van der Waals surface area contributed by atoms with E-state index in [-0.39, 0.29) is 18.3 Å². The second-order valence-electron chi connectivity index (χ2n) is 5.76. The minimum atomic E-state index is -5.68. The van der Waals surface area contributed by atoms with Gasteiger partial charge in [0.15, 0.2) is 0 Å². The minimum absolute atomic E-state index is 0.115. The molecule has 0 radical (unpaired) electrons. The van der Waals surface area contributed by atoms with Crippen LogP contribution in [0.5, 0.6) is 0 Å². The van der Waals surface area contributed by atoms with Crippen LogP contribution in [0.2, 0.25) is 0 Å². The summed E-state index contributed by atoms with van der Waals surface area (Å²) in [6, 6.07) is 0. The Balaban J connectivity index is 2.30. The van der Waals surface area contributed by atoms with Gasteiger partial charge >= 0.3 is 12.4 Å². The fourth-order valence-electron chi connectivity index (χ4n) is 3.99. The van der Waals surface area contributed by atoms with Crippen LogP contribution in [0.1, 0.15) is 32.6 Å². The van der Waals surface area contributed by atoms with Gasteiger partial charge in [-0.3, -0.25) is 0 Å². The maximum absolute atomic E-state index is 12.8. The Morgan fingerprint density at radius 2 is 1.42 bits per heavy atom. The zero-order valence-corrected chi connectivity index (χ0v) is 10.4. The first kappa shape index (κ1) is 14.9. The molecule has 4 unspecified atom stereocenters. The van der Waals surface area contributed by atoms with E-state index in [1.165, 1.54) is 0 Å². The van der Waals surface area contributed by atoms with Crippen molar-refractivity contribution in [2.24, 2.45) is 23.7 Å². The standard InChI is InChI=1S/C12H16F6O/c1-2-6-3-8-4-7(6)5-9(8)10(19,11(13,14)15)12(16,17)18/h6-9,19H,2-5H2,1H3. The molecule has 2 aliphatic rings. The molecule has 0 saturated heterocycles. The van der Waals surface area contributed by atoms with E-state index in [0.717, 1.165) is 6.42 Å². The molecular formula is C12H16F6O. The summed E-state index contributed by atoms with van der Waals surface area (Å²) in [6.45, 7) is 1.89. The molecular weight excluding hydrogens is 274 g/mol. The average molecular weight is 290 g/mol. The van der Waals surface area contributed by atoms with Crippen molar-refractivity contribution in [1.29, 1.82) is 0 Å². The van der Waals surface area contributed by atoms with Crippen LogP contribution >= 0.6 is 0 Å². The summed E-state index contributed by atoms with van der Waals surface area (Å²) in [4.78, 5) is 0. The normalized spacial score (nSPS) is 36.0. The summed E-state index contributed by atoms with van der Waals surface area (Å²) in [5, 5.41) is 9.42. The lowest BCUT2D eigenvalue weighted by Crippen LogP contribution is -2.62. The maximum atomic E-state index is 12.8. The smallest absolute Gasteiger partial charge is 0.373 e. The summed E-state index contributed by atoms with van der Waals surface area (Å²) in [5.74, 6) is -2.34. The first-order valence-corrected chi connectivity index (χ1v) is 6.38. The molecule has 0 aromatic rings. The van der Waals surface area contributed by atoms with Crippen molar-refractivity contribution in [3.05, 3.63) is 0 Å². The first-order valence-electron chi connectivity index (χ1n) is 6.38. The maximum Gasteiger partial charge on any atom is 0.426 e. The van der Waals surface area contributed by atoms with Crippen LogP contribution in [-0.2, 0) is 0 Å². The average Bonchev–Trinajstić information content (AvgIpc) is 2.83. The molecule has 2 saturated carbocycles. The molecule has 4 atom stereocenters. The molecule has 0 aliphatic heterocycles. The molecule has 1 nitrogen and oxygen atoms in total. The summed E-state index contributed by atoms with van der Waals surface area (Å²) >= 11 is 0. The van der Waals surface area contributed by atoms with Crippen LogP contribution in [-0.4, -0.2) is 23.1 Å². The van der Waals surface area contributed by atoms with E-state index in [4.69, 9.17) is 0 Å². The van der Waals surface area contributed by atoms with Crippen LogP contribution in [0.4, 0.5) is 26.3 Å². The van der Waals surface area contributed by atoms with E-state index >= 15 is 0 Å². The van der Waals surface area contributed by atoms with Crippen LogP contribution < -0.4 is 0 Å². The molecule has 2 fully saturated rings. The van der Waals surface area contributed by atoms with Gasteiger partial charge in [-0.25, -0.2) is 0 Å². The van der Waals surface area contributed by atoms with Crippen molar-refractivity contribution < 1.29 is 31.4 Å². The second-order valence-corrected chi connectivity index (χ2v) is 5.76. The SMILES string of the molecule is CCC1CC2CC1CC2C(O)(C(F)(F)F)C(F)(F)F. The molecule has 112 valence electrons. The molecule has 0 amide bonds. The third-order valence-electron chi connectivity index (χ3n) is 4.93. The summed E-state index contributed by atoms with van der Waals surface area (Å²) < 4.78 is 76.7. The van der Waals surface area contributed by atoms with Crippen molar-refractivity contribution in [3.8, 4) is 0 Å². The molecule has 2 rings (SSSR count). The van der Waals surface area contributed by atoms with Crippen LogP contribution in [0.25, 0.3) is 0 Å². The van der Waals surface area contributed by atoms with Gasteiger partial charge in [0.2, 0.25) is 0 Å². The summed E-state index contributed by atoms with van der Waals surface area (Å²) in [6.07, 6.45) is -10.0. The highest BCUT2D eigenvalue weighted by atomic mass is 19.4. The first-order chi connectivity index (χ1) is 8.52.